The van der Waals surface area contributed by atoms with E-state index in [1.807, 2.05) is 22.8 Å². The van der Waals surface area contributed by atoms with Crippen LogP contribution in [0.1, 0.15) is 38.1 Å². The predicted octanol–water partition coefficient (Wildman–Crippen LogP) is 2.62. The molecule has 0 atom stereocenters. The van der Waals surface area contributed by atoms with Crippen LogP contribution in [0.4, 0.5) is 0 Å². The molecule has 2 heterocycles. The van der Waals surface area contributed by atoms with Gasteiger partial charge in [-0.2, -0.15) is 0 Å². The first kappa shape index (κ1) is 17.2. The maximum atomic E-state index is 11.8. The molecule has 0 unspecified atom stereocenters. The fourth-order valence-electron chi connectivity index (χ4n) is 2.51. The van der Waals surface area contributed by atoms with E-state index in [4.69, 9.17) is 0 Å². The number of hydrogen-bond acceptors (Lipinski definition) is 4. The first-order chi connectivity index (χ1) is 11.1. The summed E-state index contributed by atoms with van der Waals surface area (Å²) in [4.78, 5) is 18.5. The third kappa shape index (κ3) is 4.93. The van der Waals surface area contributed by atoms with Crippen LogP contribution in [0.3, 0.4) is 0 Å². The average Bonchev–Trinajstić information content (AvgIpc) is 2.56. The summed E-state index contributed by atoms with van der Waals surface area (Å²) >= 11 is 0. The highest BCUT2D eigenvalue weighted by molar-refractivity contribution is 5.21. The fourth-order valence-corrected chi connectivity index (χ4v) is 2.51. The van der Waals surface area contributed by atoms with Gasteiger partial charge < -0.3 is 9.67 Å². The minimum Gasteiger partial charge on any atom is -0.503 e. The maximum Gasteiger partial charge on any atom is 0.223 e. The maximum absolute atomic E-state index is 11.8. The Morgan fingerprint density at radius 2 is 2.13 bits per heavy atom. The third-order valence-corrected chi connectivity index (χ3v) is 3.92. The zero-order chi connectivity index (χ0) is 16.7. The number of nitrogens with zero attached hydrogens (tertiary/aromatic N) is 3. The van der Waals surface area contributed by atoms with Crippen LogP contribution in [0.5, 0.6) is 5.75 Å². The summed E-state index contributed by atoms with van der Waals surface area (Å²) in [6.07, 6.45) is 5.54. The van der Waals surface area contributed by atoms with Crippen molar-refractivity contribution < 1.29 is 5.11 Å². The molecule has 124 valence electrons. The van der Waals surface area contributed by atoms with Crippen molar-refractivity contribution in [3.8, 4) is 5.75 Å². The van der Waals surface area contributed by atoms with E-state index < -0.39 is 0 Å². The van der Waals surface area contributed by atoms with E-state index in [-0.39, 0.29) is 11.2 Å². The van der Waals surface area contributed by atoms with Gasteiger partial charge in [-0.1, -0.05) is 26.3 Å². The van der Waals surface area contributed by atoms with Crippen molar-refractivity contribution in [1.82, 2.24) is 14.5 Å². The van der Waals surface area contributed by atoms with Gasteiger partial charge in [-0.15, -0.1) is 0 Å². The minimum atomic E-state index is -0.330. The molecule has 0 aliphatic heterocycles. The summed E-state index contributed by atoms with van der Waals surface area (Å²) in [5.74, 6) is -0.221. The molecule has 2 aromatic rings. The van der Waals surface area contributed by atoms with Gasteiger partial charge in [0.15, 0.2) is 5.75 Å². The van der Waals surface area contributed by atoms with Crippen LogP contribution < -0.4 is 5.43 Å². The summed E-state index contributed by atoms with van der Waals surface area (Å²) in [6.45, 7) is 7.46. The van der Waals surface area contributed by atoms with Gasteiger partial charge in [-0.05, 0) is 31.6 Å². The van der Waals surface area contributed by atoms with E-state index in [1.54, 1.807) is 6.20 Å². The van der Waals surface area contributed by atoms with Gasteiger partial charge in [0.1, 0.15) is 0 Å². The van der Waals surface area contributed by atoms with E-state index in [0.29, 0.717) is 13.1 Å². The number of hydrogen-bond donors (Lipinski definition) is 1. The highest BCUT2D eigenvalue weighted by Crippen LogP contribution is 2.11. The predicted molar refractivity (Wildman–Crippen MR) is 91.6 cm³/mol. The molecule has 0 saturated carbocycles. The van der Waals surface area contributed by atoms with Crippen molar-refractivity contribution >= 4 is 0 Å². The first-order valence-electron chi connectivity index (χ1n) is 8.18. The Labute approximate surface area is 137 Å². The number of unbranched alkanes of at least 4 members (excludes halogenated alkanes) is 1. The van der Waals surface area contributed by atoms with Gasteiger partial charge in [-0.3, -0.25) is 14.7 Å². The molecule has 0 aliphatic carbocycles. The number of pyridine rings is 2. The molecule has 5 heteroatoms. The zero-order valence-electron chi connectivity index (χ0n) is 13.9. The molecule has 0 radical (unpaired) electrons. The highest BCUT2D eigenvalue weighted by Gasteiger charge is 2.10. The van der Waals surface area contributed by atoms with Crippen molar-refractivity contribution in [2.75, 3.05) is 13.1 Å². The Kier molecular flexibility index (Phi) is 6.35. The van der Waals surface area contributed by atoms with Crippen molar-refractivity contribution in [3.05, 3.63) is 58.3 Å². The Bertz CT molecular complexity index is 668. The van der Waals surface area contributed by atoms with Crippen molar-refractivity contribution in [3.63, 3.8) is 0 Å². The summed E-state index contributed by atoms with van der Waals surface area (Å²) in [5, 5.41) is 9.77. The second kappa shape index (κ2) is 8.48. The molecule has 0 amide bonds. The van der Waals surface area contributed by atoms with E-state index in [0.717, 1.165) is 37.3 Å². The second-order valence-electron chi connectivity index (χ2n) is 5.69. The zero-order valence-corrected chi connectivity index (χ0v) is 13.9. The van der Waals surface area contributed by atoms with Gasteiger partial charge in [0.2, 0.25) is 5.43 Å². The van der Waals surface area contributed by atoms with Crippen molar-refractivity contribution in [1.29, 1.82) is 0 Å². The van der Waals surface area contributed by atoms with Crippen LogP contribution in [0.25, 0.3) is 0 Å². The Balaban J connectivity index is 2.26. The number of aromatic nitrogens is 2. The molecular weight excluding hydrogens is 290 g/mol. The SMILES string of the molecule is CCCCN(CC)Cc1cc(=O)c(O)cn1Cc1ccccn1. The second-order valence-corrected chi connectivity index (χ2v) is 5.69. The topological polar surface area (TPSA) is 58.4 Å². The minimum absolute atomic E-state index is 0.221. The highest BCUT2D eigenvalue weighted by atomic mass is 16.3. The van der Waals surface area contributed by atoms with E-state index in [1.165, 1.54) is 12.3 Å². The molecular formula is C18H25N3O2. The molecule has 2 rings (SSSR count). The van der Waals surface area contributed by atoms with E-state index in [9.17, 15) is 9.90 Å². The molecule has 5 nitrogen and oxygen atoms in total. The third-order valence-electron chi connectivity index (χ3n) is 3.92. The smallest absolute Gasteiger partial charge is 0.223 e. The van der Waals surface area contributed by atoms with Crippen LogP contribution in [0, 0.1) is 0 Å². The van der Waals surface area contributed by atoms with Gasteiger partial charge in [0, 0.05) is 24.5 Å². The van der Waals surface area contributed by atoms with Gasteiger partial charge in [-0.25, -0.2) is 0 Å². The summed E-state index contributed by atoms with van der Waals surface area (Å²) in [5.41, 5.74) is 1.47. The monoisotopic (exact) mass is 315 g/mol. The largest absolute Gasteiger partial charge is 0.503 e. The molecule has 1 N–H and O–H groups in total. The number of aromatic hydroxyl groups is 1. The lowest BCUT2D eigenvalue weighted by atomic mass is 10.2. The Morgan fingerprint density at radius 1 is 1.30 bits per heavy atom. The van der Waals surface area contributed by atoms with Crippen LogP contribution in [-0.4, -0.2) is 32.6 Å². The van der Waals surface area contributed by atoms with Crippen LogP contribution in [0.2, 0.25) is 0 Å². The Morgan fingerprint density at radius 3 is 2.78 bits per heavy atom. The standard InChI is InChI=1S/C18H25N3O2/c1-3-5-10-20(4-2)13-16-11-17(22)18(23)14-21(16)12-15-8-6-7-9-19-15/h6-9,11,14,23H,3-5,10,12-13H2,1-2H3. The molecule has 0 saturated heterocycles. The molecule has 0 fully saturated rings. The molecule has 0 spiro atoms. The van der Waals surface area contributed by atoms with Crippen LogP contribution in [0.15, 0.2) is 41.5 Å². The normalized spacial score (nSPS) is 11.1. The van der Waals surface area contributed by atoms with Crippen molar-refractivity contribution in [2.24, 2.45) is 0 Å². The lowest BCUT2D eigenvalue weighted by Gasteiger charge is -2.22. The molecule has 23 heavy (non-hydrogen) atoms. The van der Waals surface area contributed by atoms with E-state index >= 15 is 0 Å². The van der Waals surface area contributed by atoms with Crippen molar-refractivity contribution in [2.45, 2.75) is 39.8 Å². The molecule has 0 aliphatic rings. The van der Waals surface area contributed by atoms with Crippen LogP contribution >= 0.6 is 0 Å². The van der Waals surface area contributed by atoms with Gasteiger partial charge in [0.25, 0.3) is 0 Å². The molecule has 2 aromatic heterocycles. The summed E-state index contributed by atoms with van der Waals surface area (Å²) < 4.78 is 1.91. The van der Waals surface area contributed by atoms with Gasteiger partial charge in [0.05, 0.1) is 18.4 Å². The van der Waals surface area contributed by atoms with E-state index in [2.05, 4.69) is 23.7 Å². The Hall–Kier alpha value is -2.14. The number of rotatable bonds is 8. The molecule has 0 bridgehead atoms. The lowest BCUT2D eigenvalue weighted by Crippen LogP contribution is -2.27. The first-order valence-corrected chi connectivity index (χ1v) is 8.18. The fraction of sp³-hybridized carbons (Fsp3) is 0.444. The average molecular weight is 315 g/mol. The quantitative estimate of drug-likeness (QED) is 0.813. The summed E-state index contributed by atoms with van der Waals surface area (Å²) in [7, 11) is 0. The molecule has 0 aromatic carbocycles. The lowest BCUT2D eigenvalue weighted by molar-refractivity contribution is 0.267. The summed E-state index contributed by atoms with van der Waals surface area (Å²) in [6, 6.07) is 7.28. The van der Waals surface area contributed by atoms with Crippen LogP contribution in [-0.2, 0) is 13.1 Å². The van der Waals surface area contributed by atoms with Gasteiger partial charge >= 0.3 is 0 Å².